The number of hydrogen-bond acceptors (Lipinski definition) is 2. The van der Waals surface area contributed by atoms with Gasteiger partial charge in [0.15, 0.2) is 0 Å². The highest BCUT2D eigenvalue weighted by atomic mass is 35.5. The van der Waals surface area contributed by atoms with Crippen molar-refractivity contribution in [3.63, 3.8) is 0 Å². The third kappa shape index (κ3) is 2.71. The largest absolute Gasteiger partial charge is 0.330 e. The summed E-state index contributed by atoms with van der Waals surface area (Å²) < 4.78 is 0. The van der Waals surface area contributed by atoms with E-state index in [-0.39, 0.29) is 5.41 Å². The first-order valence-corrected chi connectivity index (χ1v) is 7.27. The van der Waals surface area contributed by atoms with Crippen LogP contribution in [0.4, 0.5) is 0 Å². The quantitative estimate of drug-likeness (QED) is 0.908. The Morgan fingerprint density at radius 2 is 1.94 bits per heavy atom. The number of benzene rings is 1. The van der Waals surface area contributed by atoms with Gasteiger partial charge in [-0.3, -0.25) is 0 Å². The molecule has 0 aromatic heterocycles. The van der Waals surface area contributed by atoms with Crippen LogP contribution in [0.3, 0.4) is 0 Å². The van der Waals surface area contributed by atoms with Gasteiger partial charge in [-0.15, -0.1) is 0 Å². The molecule has 1 fully saturated rings. The highest BCUT2D eigenvalue weighted by Gasteiger charge is 2.35. The lowest BCUT2D eigenvalue weighted by atomic mass is 9.73. The molecule has 0 amide bonds. The Labute approximate surface area is 115 Å². The second kappa shape index (κ2) is 6.05. The summed E-state index contributed by atoms with van der Waals surface area (Å²) in [6, 6.07) is 8.18. The average molecular weight is 267 g/mol. The van der Waals surface area contributed by atoms with E-state index in [9.17, 15) is 0 Å². The van der Waals surface area contributed by atoms with Gasteiger partial charge in [0, 0.05) is 17.0 Å². The molecule has 0 bridgehead atoms. The van der Waals surface area contributed by atoms with Crippen molar-refractivity contribution in [2.45, 2.75) is 31.6 Å². The molecule has 2 rings (SSSR count). The van der Waals surface area contributed by atoms with Gasteiger partial charge in [0.2, 0.25) is 0 Å². The minimum atomic E-state index is 0.0859. The first kappa shape index (κ1) is 13.9. The molecule has 1 saturated heterocycles. The standard InChI is InChI=1S/C15H23ClN2/c1-2-9-18-10-7-15(12-17,8-11-18)13-5-3-4-6-14(13)16/h3-6H,2,7-12,17H2,1H3. The van der Waals surface area contributed by atoms with E-state index in [0.717, 1.165) is 31.0 Å². The third-order valence-corrected chi connectivity index (χ3v) is 4.52. The van der Waals surface area contributed by atoms with Gasteiger partial charge in [-0.05, 0) is 50.5 Å². The van der Waals surface area contributed by atoms with E-state index in [1.807, 2.05) is 12.1 Å². The molecule has 2 N–H and O–H groups in total. The van der Waals surface area contributed by atoms with Crippen molar-refractivity contribution in [3.05, 3.63) is 34.9 Å². The Hall–Kier alpha value is -0.570. The molecule has 100 valence electrons. The van der Waals surface area contributed by atoms with Crippen LogP contribution in [0.25, 0.3) is 0 Å². The number of hydrogen-bond donors (Lipinski definition) is 1. The maximum atomic E-state index is 6.35. The lowest BCUT2D eigenvalue weighted by Crippen LogP contribution is -2.47. The van der Waals surface area contributed by atoms with Crippen molar-refractivity contribution < 1.29 is 0 Å². The monoisotopic (exact) mass is 266 g/mol. The van der Waals surface area contributed by atoms with Crippen LogP contribution >= 0.6 is 11.6 Å². The Morgan fingerprint density at radius 3 is 2.50 bits per heavy atom. The van der Waals surface area contributed by atoms with Crippen LogP contribution in [0, 0.1) is 0 Å². The van der Waals surface area contributed by atoms with E-state index in [4.69, 9.17) is 17.3 Å². The second-order valence-corrected chi connectivity index (χ2v) is 5.71. The van der Waals surface area contributed by atoms with Gasteiger partial charge in [0.25, 0.3) is 0 Å². The summed E-state index contributed by atoms with van der Waals surface area (Å²) >= 11 is 6.35. The molecule has 0 spiro atoms. The number of nitrogens with two attached hydrogens (primary N) is 1. The van der Waals surface area contributed by atoms with Crippen LogP contribution in [-0.2, 0) is 5.41 Å². The molecule has 18 heavy (non-hydrogen) atoms. The molecule has 0 unspecified atom stereocenters. The fourth-order valence-electron chi connectivity index (χ4n) is 3.00. The van der Waals surface area contributed by atoms with Crippen LogP contribution in [0.5, 0.6) is 0 Å². The van der Waals surface area contributed by atoms with E-state index >= 15 is 0 Å². The SMILES string of the molecule is CCCN1CCC(CN)(c2ccccc2Cl)CC1. The number of likely N-dealkylation sites (tertiary alicyclic amines) is 1. The molecule has 0 saturated carbocycles. The van der Waals surface area contributed by atoms with Crippen LogP contribution < -0.4 is 5.73 Å². The Balaban J connectivity index is 2.16. The fourth-order valence-corrected chi connectivity index (χ4v) is 3.33. The fraction of sp³-hybridized carbons (Fsp3) is 0.600. The van der Waals surface area contributed by atoms with Crippen LogP contribution in [0.2, 0.25) is 5.02 Å². The van der Waals surface area contributed by atoms with Gasteiger partial charge < -0.3 is 10.6 Å². The Morgan fingerprint density at radius 1 is 1.28 bits per heavy atom. The molecule has 0 atom stereocenters. The van der Waals surface area contributed by atoms with Crippen LogP contribution in [-0.4, -0.2) is 31.1 Å². The van der Waals surface area contributed by atoms with Gasteiger partial charge in [0.1, 0.15) is 0 Å². The number of nitrogens with zero attached hydrogens (tertiary/aromatic N) is 1. The van der Waals surface area contributed by atoms with Gasteiger partial charge in [-0.1, -0.05) is 36.7 Å². The molecular weight excluding hydrogens is 244 g/mol. The van der Waals surface area contributed by atoms with Gasteiger partial charge in [-0.25, -0.2) is 0 Å². The summed E-state index contributed by atoms with van der Waals surface area (Å²) in [4.78, 5) is 2.53. The molecule has 1 heterocycles. The van der Waals surface area contributed by atoms with E-state index in [1.54, 1.807) is 0 Å². The van der Waals surface area contributed by atoms with Crippen molar-refractivity contribution in [3.8, 4) is 0 Å². The maximum Gasteiger partial charge on any atom is 0.0444 e. The highest BCUT2D eigenvalue weighted by Crippen LogP contribution is 2.38. The zero-order valence-corrected chi connectivity index (χ0v) is 11.9. The molecule has 1 aromatic carbocycles. The molecule has 0 aliphatic carbocycles. The first-order chi connectivity index (χ1) is 8.72. The second-order valence-electron chi connectivity index (χ2n) is 5.31. The first-order valence-electron chi connectivity index (χ1n) is 6.89. The van der Waals surface area contributed by atoms with E-state index in [1.165, 1.54) is 18.5 Å². The summed E-state index contributed by atoms with van der Waals surface area (Å²) in [6.07, 6.45) is 3.46. The molecule has 2 nitrogen and oxygen atoms in total. The number of rotatable bonds is 4. The van der Waals surface area contributed by atoms with Crippen LogP contribution in [0.1, 0.15) is 31.7 Å². The normalized spacial score (nSPS) is 19.9. The minimum absolute atomic E-state index is 0.0859. The average Bonchev–Trinajstić information content (AvgIpc) is 2.41. The summed E-state index contributed by atoms with van der Waals surface area (Å²) in [7, 11) is 0. The summed E-state index contributed by atoms with van der Waals surface area (Å²) in [5.74, 6) is 0. The molecular formula is C15H23ClN2. The van der Waals surface area contributed by atoms with Crippen molar-refractivity contribution in [1.82, 2.24) is 4.90 Å². The lowest BCUT2D eigenvalue weighted by Gasteiger charge is -2.42. The third-order valence-electron chi connectivity index (χ3n) is 4.19. The molecule has 1 aliphatic rings. The maximum absolute atomic E-state index is 6.35. The molecule has 0 radical (unpaired) electrons. The zero-order chi connectivity index (χ0) is 13.0. The topological polar surface area (TPSA) is 29.3 Å². The zero-order valence-electron chi connectivity index (χ0n) is 11.2. The van der Waals surface area contributed by atoms with Crippen molar-refractivity contribution in [2.75, 3.05) is 26.2 Å². The smallest absolute Gasteiger partial charge is 0.0444 e. The predicted octanol–water partition coefficient (Wildman–Crippen LogP) is 3.04. The van der Waals surface area contributed by atoms with E-state index in [2.05, 4.69) is 24.0 Å². The summed E-state index contributed by atoms with van der Waals surface area (Å²) in [5, 5.41) is 0.867. The summed E-state index contributed by atoms with van der Waals surface area (Å²) in [5.41, 5.74) is 7.41. The molecule has 1 aliphatic heterocycles. The summed E-state index contributed by atoms with van der Waals surface area (Å²) in [6.45, 7) is 6.39. The van der Waals surface area contributed by atoms with Crippen LogP contribution in [0.15, 0.2) is 24.3 Å². The van der Waals surface area contributed by atoms with Crippen molar-refractivity contribution in [2.24, 2.45) is 5.73 Å². The predicted molar refractivity (Wildman–Crippen MR) is 78.1 cm³/mol. The number of piperidine rings is 1. The molecule has 1 aromatic rings. The van der Waals surface area contributed by atoms with Gasteiger partial charge >= 0.3 is 0 Å². The molecule has 3 heteroatoms. The van der Waals surface area contributed by atoms with Crippen molar-refractivity contribution in [1.29, 1.82) is 0 Å². The van der Waals surface area contributed by atoms with Crippen molar-refractivity contribution >= 4 is 11.6 Å². The lowest BCUT2D eigenvalue weighted by molar-refractivity contribution is 0.162. The Kier molecular flexibility index (Phi) is 4.66. The van der Waals surface area contributed by atoms with E-state index in [0.29, 0.717) is 6.54 Å². The van der Waals surface area contributed by atoms with Gasteiger partial charge in [-0.2, -0.15) is 0 Å². The Bertz CT molecular complexity index is 384. The van der Waals surface area contributed by atoms with Gasteiger partial charge in [0.05, 0.1) is 0 Å². The minimum Gasteiger partial charge on any atom is -0.330 e. The van der Waals surface area contributed by atoms with E-state index < -0.39 is 0 Å². The number of halogens is 1. The highest BCUT2D eigenvalue weighted by molar-refractivity contribution is 6.31.